The first-order valence-electron chi connectivity index (χ1n) is 7.69. The van der Waals surface area contributed by atoms with Crippen LogP contribution >= 0.6 is 0 Å². The summed E-state index contributed by atoms with van der Waals surface area (Å²) in [6, 6.07) is 4.91. The molecule has 1 aromatic rings. The third-order valence-electron chi connectivity index (χ3n) is 3.13. The summed E-state index contributed by atoms with van der Waals surface area (Å²) in [5, 5.41) is 0. The standard InChI is InChI=1S/C16H26O4S/c1-3-5-7-11-19-15-10-9-14(21(17)18)13-16(15)20-12-8-6-4-2/h9-10,13H,3-8,11-12H2,1-2H3,(H,17,18). The molecule has 0 aliphatic heterocycles. The normalized spacial score (nSPS) is 12.1. The number of benzene rings is 1. The first-order valence-corrected chi connectivity index (χ1v) is 8.80. The Morgan fingerprint density at radius 3 is 2.05 bits per heavy atom. The van der Waals surface area contributed by atoms with Gasteiger partial charge in [-0.05, 0) is 25.0 Å². The summed E-state index contributed by atoms with van der Waals surface area (Å²) in [5.74, 6) is 1.21. The third kappa shape index (κ3) is 6.96. The molecule has 1 atom stereocenters. The second kappa shape index (κ2) is 10.6. The van der Waals surface area contributed by atoms with Gasteiger partial charge in [0.25, 0.3) is 0 Å². The highest BCUT2D eigenvalue weighted by molar-refractivity contribution is 7.79. The quantitative estimate of drug-likeness (QED) is 0.486. The zero-order valence-electron chi connectivity index (χ0n) is 13.0. The Kier molecular flexibility index (Phi) is 9.10. The van der Waals surface area contributed by atoms with E-state index in [9.17, 15) is 8.76 Å². The Balaban J connectivity index is 2.67. The van der Waals surface area contributed by atoms with Crippen molar-refractivity contribution in [2.75, 3.05) is 13.2 Å². The number of unbranched alkanes of at least 4 members (excludes halogenated alkanes) is 4. The van der Waals surface area contributed by atoms with Crippen molar-refractivity contribution in [2.24, 2.45) is 0 Å². The Hall–Kier alpha value is -1.07. The summed E-state index contributed by atoms with van der Waals surface area (Å²) in [7, 11) is 0. The van der Waals surface area contributed by atoms with Crippen molar-refractivity contribution < 1.29 is 18.2 Å². The molecule has 1 aromatic carbocycles. The molecule has 0 spiro atoms. The molecule has 1 unspecified atom stereocenters. The van der Waals surface area contributed by atoms with Crippen LogP contribution in [0.25, 0.3) is 0 Å². The molecule has 0 radical (unpaired) electrons. The molecular formula is C16H26O4S. The van der Waals surface area contributed by atoms with Crippen LogP contribution in [0.1, 0.15) is 52.4 Å². The molecule has 0 saturated carbocycles. The highest BCUT2D eigenvalue weighted by Crippen LogP contribution is 2.30. The third-order valence-corrected chi connectivity index (χ3v) is 3.78. The van der Waals surface area contributed by atoms with Crippen LogP contribution in [-0.2, 0) is 11.1 Å². The van der Waals surface area contributed by atoms with E-state index in [0.29, 0.717) is 29.6 Å². The van der Waals surface area contributed by atoms with Crippen LogP contribution in [0, 0.1) is 0 Å². The highest BCUT2D eigenvalue weighted by atomic mass is 32.2. The largest absolute Gasteiger partial charge is 0.490 e. The molecule has 1 rings (SSSR count). The summed E-state index contributed by atoms with van der Waals surface area (Å²) in [6.45, 7) is 5.52. The van der Waals surface area contributed by atoms with E-state index in [4.69, 9.17) is 9.47 Å². The van der Waals surface area contributed by atoms with Gasteiger partial charge in [-0.1, -0.05) is 39.5 Å². The fraction of sp³-hybridized carbons (Fsp3) is 0.625. The molecule has 4 nitrogen and oxygen atoms in total. The van der Waals surface area contributed by atoms with E-state index in [0.717, 1.165) is 38.5 Å². The second-order valence-corrected chi connectivity index (χ2v) is 5.94. The predicted octanol–water partition coefficient (Wildman–Crippen LogP) is 4.41. The zero-order valence-corrected chi connectivity index (χ0v) is 13.8. The van der Waals surface area contributed by atoms with E-state index in [1.54, 1.807) is 18.2 Å². The lowest BCUT2D eigenvalue weighted by Crippen LogP contribution is -2.03. The van der Waals surface area contributed by atoms with E-state index in [1.165, 1.54) is 0 Å². The van der Waals surface area contributed by atoms with E-state index in [-0.39, 0.29) is 0 Å². The second-order valence-electron chi connectivity index (χ2n) is 4.97. The summed E-state index contributed by atoms with van der Waals surface area (Å²) < 4.78 is 31.8. The average molecular weight is 314 g/mol. The molecule has 0 bridgehead atoms. The Morgan fingerprint density at radius 1 is 0.952 bits per heavy atom. The molecule has 21 heavy (non-hydrogen) atoms. The van der Waals surface area contributed by atoms with Gasteiger partial charge >= 0.3 is 0 Å². The van der Waals surface area contributed by atoms with Crippen molar-refractivity contribution in [3.8, 4) is 11.5 Å². The molecule has 0 aromatic heterocycles. The average Bonchev–Trinajstić information content (AvgIpc) is 2.48. The summed E-state index contributed by atoms with van der Waals surface area (Å²) >= 11 is -2.00. The van der Waals surface area contributed by atoms with Gasteiger partial charge in [0.15, 0.2) is 22.6 Å². The van der Waals surface area contributed by atoms with Gasteiger partial charge < -0.3 is 14.0 Å². The van der Waals surface area contributed by atoms with Crippen LogP contribution in [-0.4, -0.2) is 22.0 Å². The van der Waals surface area contributed by atoms with Crippen LogP contribution < -0.4 is 9.47 Å². The Labute approximate surface area is 130 Å². The van der Waals surface area contributed by atoms with Crippen molar-refractivity contribution in [3.05, 3.63) is 18.2 Å². The van der Waals surface area contributed by atoms with Gasteiger partial charge in [-0.2, -0.15) is 0 Å². The maximum Gasteiger partial charge on any atom is 0.186 e. The molecule has 0 fully saturated rings. The number of hydrogen-bond acceptors (Lipinski definition) is 3. The molecule has 0 amide bonds. The Morgan fingerprint density at radius 2 is 1.52 bits per heavy atom. The lowest BCUT2D eigenvalue weighted by atomic mass is 10.2. The van der Waals surface area contributed by atoms with Gasteiger partial charge in [-0.25, -0.2) is 4.21 Å². The first kappa shape index (κ1) is 18.0. The van der Waals surface area contributed by atoms with Crippen LogP contribution in [0.3, 0.4) is 0 Å². The number of ether oxygens (including phenoxy) is 2. The first-order chi connectivity index (χ1) is 10.2. The molecule has 0 saturated heterocycles. The van der Waals surface area contributed by atoms with Gasteiger partial charge in [0.1, 0.15) is 0 Å². The minimum absolute atomic E-state index is 0.335. The Bertz CT molecular complexity index is 434. The number of rotatable bonds is 11. The van der Waals surface area contributed by atoms with Crippen molar-refractivity contribution >= 4 is 11.1 Å². The van der Waals surface area contributed by atoms with E-state index in [1.807, 2.05) is 0 Å². The van der Waals surface area contributed by atoms with Gasteiger partial charge in [-0.3, -0.25) is 0 Å². The summed E-state index contributed by atoms with van der Waals surface area (Å²) in [4.78, 5) is 0.335. The van der Waals surface area contributed by atoms with Gasteiger partial charge in [0, 0.05) is 6.07 Å². The molecule has 5 heteroatoms. The molecule has 0 heterocycles. The topological polar surface area (TPSA) is 55.8 Å². The van der Waals surface area contributed by atoms with Gasteiger partial charge in [0.2, 0.25) is 0 Å². The molecule has 120 valence electrons. The maximum absolute atomic E-state index is 11.2. The molecular weight excluding hydrogens is 288 g/mol. The van der Waals surface area contributed by atoms with Gasteiger partial charge in [-0.15, -0.1) is 0 Å². The number of hydrogen-bond donors (Lipinski definition) is 1. The van der Waals surface area contributed by atoms with Crippen molar-refractivity contribution in [3.63, 3.8) is 0 Å². The highest BCUT2D eigenvalue weighted by Gasteiger charge is 2.09. The fourth-order valence-corrected chi connectivity index (χ4v) is 2.29. The van der Waals surface area contributed by atoms with Crippen LogP contribution in [0.4, 0.5) is 0 Å². The predicted molar refractivity (Wildman–Crippen MR) is 85.5 cm³/mol. The lowest BCUT2D eigenvalue weighted by molar-refractivity contribution is 0.259. The lowest BCUT2D eigenvalue weighted by Gasteiger charge is -2.13. The minimum Gasteiger partial charge on any atom is -0.490 e. The SMILES string of the molecule is CCCCCOc1ccc(S(=O)O)cc1OCCCCC. The summed E-state index contributed by atoms with van der Waals surface area (Å²) in [6.07, 6.45) is 6.48. The van der Waals surface area contributed by atoms with Crippen LogP contribution in [0.5, 0.6) is 11.5 Å². The maximum atomic E-state index is 11.2. The molecule has 1 N–H and O–H groups in total. The molecule has 0 aliphatic carbocycles. The van der Waals surface area contributed by atoms with Crippen LogP contribution in [0.2, 0.25) is 0 Å². The van der Waals surface area contributed by atoms with E-state index in [2.05, 4.69) is 13.8 Å². The zero-order chi connectivity index (χ0) is 15.5. The van der Waals surface area contributed by atoms with Crippen LogP contribution in [0.15, 0.2) is 23.1 Å². The minimum atomic E-state index is -2.00. The van der Waals surface area contributed by atoms with Crippen molar-refractivity contribution in [1.82, 2.24) is 0 Å². The van der Waals surface area contributed by atoms with E-state index >= 15 is 0 Å². The fourth-order valence-electron chi connectivity index (χ4n) is 1.90. The van der Waals surface area contributed by atoms with Crippen molar-refractivity contribution in [2.45, 2.75) is 57.3 Å². The molecule has 0 aliphatic rings. The monoisotopic (exact) mass is 314 g/mol. The smallest absolute Gasteiger partial charge is 0.186 e. The van der Waals surface area contributed by atoms with Gasteiger partial charge in [0.05, 0.1) is 18.1 Å². The summed E-state index contributed by atoms with van der Waals surface area (Å²) in [5.41, 5.74) is 0. The van der Waals surface area contributed by atoms with Crippen molar-refractivity contribution in [1.29, 1.82) is 0 Å². The van der Waals surface area contributed by atoms with E-state index < -0.39 is 11.1 Å².